The van der Waals surface area contributed by atoms with Crippen molar-refractivity contribution in [2.75, 3.05) is 6.54 Å². The topological polar surface area (TPSA) is 113 Å². The lowest BCUT2D eigenvalue weighted by Crippen LogP contribution is -2.48. The minimum atomic E-state index is -1.13. The third-order valence-corrected chi connectivity index (χ3v) is 1.77. The minimum absolute atomic E-state index is 0.0413. The molecule has 0 unspecified atom stereocenters. The van der Waals surface area contributed by atoms with Crippen molar-refractivity contribution in [1.82, 2.24) is 10.4 Å². The predicted molar refractivity (Wildman–Crippen MR) is 51.4 cm³/mol. The van der Waals surface area contributed by atoms with E-state index in [4.69, 9.17) is 10.8 Å². The van der Waals surface area contributed by atoms with E-state index >= 15 is 0 Å². The second kappa shape index (κ2) is 6.77. The number of amides is 2. The van der Waals surface area contributed by atoms with Gasteiger partial charge in [-0.25, -0.2) is 5.43 Å². The number of carbonyl (C=O) groups is 3. The summed E-state index contributed by atoms with van der Waals surface area (Å²) in [5.74, 6) is -1.70. The highest BCUT2D eigenvalue weighted by Crippen LogP contribution is 1.98. The van der Waals surface area contributed by atoms with Gasteiger partial charge in [0.2, 0.25) is 12.3 Å². The lowest BCUT2D eigenvalue weighted by atomic mass is 10.1. The summed E-state index contributed by atoms with van der Waals surface area (Å²) in [7, 11) is 0. The van der Waals surface area contributed by atoms with Crippen molar-refractivity contribution in [3.05, 3.63) is 0 Å². The lowest BCUT2D eigenvalue weighted by molar-refractivity contribution is -0.142. The Morgan fingerprint density at radius 2 is 2.20 bits per heavy atom. The molecule has 0 fully saturated rings. The van der Waals surface area contributed by atoms with Gasteiger partial charge >= 0.3 is 5.97 Å². The van der Waals surface area contributed by atoms with Gasteiger partial charge in [-0.2, -0.15) is 0 Å². The number of nitrogens with two attached hydrogens (primary N) is 1. The van der Waals surface area contributed by atoms with Crippen LogP contribution in [0.25, 0.3) is 0 Å². The molecule has 0 heterocycles. The molecular formula is C8H15N3O4. The Labute approximate surface area is 87.2 Å². The van der Waals surface area contributed by atoms with Gasteiger partial charge in [0.15, 0.2) is 0 Å². The van der Waals surface area contributed by atoms with E-state index in [0.29, 0.717) is 13.0 Å². The van der Waals surface area contributed by atoms with E-state index in [1.54, 1.807) is 6.92 Å². The number of primary amides is 1. The first-order valence-electron chi connectivity index (χ1n) is 4.50. The molecule has 0 aromatic rings. The first-order valence-corrected chi connectivity index (χ1v) is 4.50. The quantitative estimate of drug-likeness (QED) is 0.345. The molecule has 0 aromatic heterocycles. The number of nitrogens with one attached hydrogen (secondary N) is 1. The summed E-state index contributed by atoms with van der Waals surface area (Å²) in [5, 5.41) is 9.87. The molecule has 0 aliphatic rings. The number of aliphatic carboxylic acids is 1. The fraction of sp³-hybridized carbons (Fsp3) is 0.625. The third-order valence-electron chi connectivity index (χ3n) is 1.77. The summed E-state index contributed by atoms with van der Waals surface area (Å²) in [4.78, 5) is 31.6. The van der Waals surface area contributed by atoms with Crippen LogP contribution in [-0.2, 0) is 14.4 Å². The molecule has 2 amide bonds. The second-order valence-corrected chi connectivity index (χ2v) is 2.92. The van der Waals surface area contributed by atoms with E-state index in [1.807, 2.05) is 0 Å². The van der Waals surface area contributed by atoms with E-state index in [1.165, 1.54) is 0 Å². The van der Waals surface area contributed by atoms with Crippen molar-refractivity contribution in [2.24, 2.45) is 5.73 Å². The lowest BCUT2D eigenvalue weighted by Gasteiger charge is -2.21. The number of carbonyl (C=O) groups excluding carboxylic acids is 2. The van der Waals surface area contributed by atoms with Crippen molar-refractivity contribution < 1.29 is 19.5 Å². The molecule has 0 aromatic carbocycles. The molecule has 0 radical (unpaired) electrons. The van der Waals surface area contributed by atoms with Crippen LogP contribution in [0.15, 0.2) is 0 Å². The largest absolute Gasteiger partial charge is 0.480 e. The summed E-state index contributed by atoms with van der Waals surface area (Å²) in [6, 6.07) is -0.984. The van der Waals surface area contributed by atoms with Gasteiger partial charge in [-0.05, 0) is 13.3 Å². The van der Waals surface area contributed by atoms with Gasteiger partial charge in [0.05, 0.1) is 0 Å². The number of hydrogen-bond acceptors (Lipinski definition) is 4. The van der Waals surface area contributed by atoms with E-state index in [0.717, 1.165) is 5.01 Å². The van der Waals surface area contributed by atoms with E-state index < -0.39 is 17.9 Å². The molecule has 0 aliphatic carbocycles. The molecule has 86 valence electrons. The maximum atomic E-state index is 10.7. The zero-order valence-corrected chi connectivity index (χ0v) is 8.47. The fourth-order valence-electron chi connectivity index (χ4n) is 0.926. The van der Waals surface area contributed by atoms with Gasteiger partial charge in [-0.3, -0.25) is 19.4 Å². The third kappa shape index (κ3) is 5.63. The Morgan fingerprint density at radius 1 is 1.60 bits per heavy atom. The van der Waals surface area contributed by atoms with Gasteiger partial charge in [-0.15, -0.1) is 0 Å². The first-order chi connectivity index (χ1) is 7.01. The zero-order chi connectivity index (χ0) is 11.8. The smallest absolute Gasteiger partial charge is 0.322 e. The van der Waals surface area contributed by atoms with Crippen molar-refractivity contribution in [2.45, 2.75) is 25.8 Å². The molecule has 4 N–H and O–H groups in total. The SMILES string of the molecule is CCN(C=O)N[C@@H](CCC(N)=O)C(=O)O. The zero-order valence-electron chi connectivity index (χ0n) is 8.47. The first kappa shape index (κ1) is 13.4. The molecule has 0 spiro atoms. The number of hydrogen-bond donors (Lipinski definition) is 3. The molecule has 0 bridgehead atoms. The number of carboxylic acids is 1. The summed E-state index contributed by atoms with van der Waals surface area (Å²) < 4.78 is 0. The number of rotatable bonds is 8. The van der Waals surface area contributed by atoms with Crippen LogP contribution in [0.2, 0.25) is 0 Å². The Hall–Kier alpha value is -1.63. The van der Waals surface area contributed by atoms with Crippen LogP contribution in [0.1, 0.15) is 19.8 Å². The molecule has 15 heavy (non-hydrogen) atoms. The molecule has 0 saturated heterocycles. The number of hydrazine groups is 1. The van der Waals surface area contributed by atoms with Gasteiger partial charge < -0.3 is 10.8 Å². The summed E-state index contributed by atoms with van der Waals surface area (Å²) >= 11 is 0. The summed E-state index contributed by atoms with van der Waals surface area (Å²) in [6.45, 7) is 2.03. The van der Waals surface area contributed by atoms with Crippen LogP contribution in [0.4, 0.5) is 0 Å². The molecule has 0 rings (SSSR count). The predicted octanol–water partition coefficient (Wildman–Crippen LogP) is -1.31. The van der Waals surface area contributed by atoms with Crippen LogP contribution in [0, 0.1) is 0 Å². The van der Waals surface area contributed by atoms with Crippen molar-refractivity contribution in [3.63, 3.8) is 0 Å². The molecule has 1 atom stereocenters. The highest BCUT2D eigenvalue weighted by atomic mass is 16.4. The standard InChI is InChI=1S/C8H15N3O4/c1-2-11(5-12)10-6(8(14)15)3-4-7(9)13/h5-6,10H,2-4H2,1H3,(H2,9,13)(H,14,15)/t6-/m0/s1. The fourth-order valence-corrected chi connectivity index (χ4v) is 0.926. The molecule has 0 saturated carbocycles. The van der Waals surface area contributed by atoms with Crippen LogP contribution in [0.3, 0.4) is 0 Å². The van der Waals surface area contributed by atoms with Gasteiger partial charge in [0.1, 0.15) is 6.04 Å². The maximum absolute atomic E-state index is 10.7. The van der Waals surface area contributed by atoms with Crippen LogP contribution in [-0.4, -0.2) is 41.0 Å². The van der Waals surface area contributed by atoms with Crippen LogP contribution >= 0.6 is 0 Å². The summed E-state index contributed by atoms with van der Waals surface area (Å²) in [5.41, 5.74) is 7.36. The normalized spacial score (nSPS) is 11.8. The average Bonchev–Trinajstić information content (AvgIpc) is 2.17. The van der Waals surface area contributed by atoms with E-state index in [-0.39, 0.29) is 12.8 Å². The molecular weight excluding hydrogens is 202 g/mol. The second-order valence-electron chi connectivity index (χ2n) is 2.92. The Bertz CT molecular complexity index is 244. The summed E-state index contributed by atoms with van der Waals surface area (Å²) in [6.07, 6.45) is 0.496. The number of carboxylic acid groups (broad SMARTS) is 1. The van der Waals surface area contributed by atoms with Crippen LogP contribution < -0.4 is 11.2 Å². The van der Waals surface area contributed by atoms with Gasteiger partial charge in [-0.1, -0.05) is 0 Å². The minimum Gasteiger partial charge on any atom is -0.480 e. The van der Waals surface area contributed by atoms with Crippen molar-refractivity contribution >= 4 is 18.3 Å². The molecule has 7 heteroatoms. The molecule has 0 aliphatic heterocycles. The Morgan fingerprint density at radius 3 is 2.53 bits per heavy atom. The highest BCUT2D eigenvalue weighted by molar-refractivity contribution is 5.77. The van der Waals surface area contributed by atoms with Gasteiger partial charge in [0.25, 0.3) is 0 Å². The van der Waals surface area contributed by atoms with Crippen molar-refractivity contribution in [1.29, 1.82) is 0 Å². The number of nitrogens with zero attached hydrogens (tertiary/aromatic N) is 1. The van der Waals surface area contributed by atoms with Crippen molar-refractivity contribution in [3.8, 4) is 0 Å². The highest BCUT2D eigenvalue weighted by Gasteiger charge is 2.19. The van der Waals surface area contributed by atoms with E-state index in [9.17, 15) is 14.4 Å². The van der Waals surface area contributed by atoms with E-state index in [2.05, 4.69) is 5.43 Å². The molecule has 7 nitrogen and oxygen atoms in total. The average molecular weight is 217 g/mol. The monoisotopic (exact) mass is 217 g/mol. The van der Waals surface area contributed by atoms with Gasteiger partial charge in [0, 0.05) is 13.0 Å². The Kier molecular flexibility index (Phi) is 6.03. The van der Waals surface area contributed by atoms with Crippen LogP contribution in [0.5, 0.6) is 0 Å². The maximum Gasteiger partial charge on any atom is 0.322 e. The Balaban J connectivity index is 4.20.